The third kappa shape index (κ3) is 5.30. The number of imidazole rings is 1. The number of fused-ring (bicyclic) bond motifs is 1. The van der Waals surface area contributed by atoms with E-state index in [9.17, 15) is 9.18 Å². The van der Waals surface area contributed by atoms with Gasteiger partial charge in [-0.25, -0.2) is 14.4 Å². The van der Waals surface area contributed by atoms with Crippen LogP contribution in [0.25, 0.3) is 16.9 Å². The Bertz CT molecular complexity index is 1420. The van der Waals surface area contributed by atoms with Crippen molar-refractivity contribution in [2.24, 2.45) is 11.7 Å². The van der Waals surface area contributed by atoms with Crippen LogP contribution in [0.2, 0.25) is 0 Å². The van der Waals surface area contributed by atoms with Crippen LogP contribution in [-0.4, -0.2) is 51.9 Å². The Balaban J connectivity index is 0.00000320. The van der Waals surface area contributed by atoms with Crippen molar-refractivity contribution in [3.8, 4) is 11.3 Å². The molecule has 0 atom stereocenters. The van der Waals surface area contributed by atoms with E-state index in [1.165, 1.54) is 6.07 Å². The third-order valence-corrected chi connectivity index (χ3v) is 7.32. The first-order chi connectivity index (χ1) is 17.5. The lowest BCUT2D eigenvalue weighted by Gasteiger charge is -2.31. The molecule has 1 amide bonds. The molecule has 1 aliphatic rings. The highest BCUT2D eigenvalue weighted by molar-refractivity contribution is 9.10. The predicted molar refractivity (Wildman–Crippen MR) is 150 cm³/mol. The zero-order valence-electron chi connectivity index (χ0n) is 19.8. The summed E-state index contributed by atoms with van der Waals surface area (Å²) in [4.78, 5) is 23.9. The van der Waals surface area contributed by atoms with Crippen molar-refractivity contribution in [1.82, 2.24) is 19.3 Å². The molecule has 1 saturated heterocycles. The standard InChI is InChI=1S/C26H27BrFN7O.CH4/c1-30-22-5-2-17(12-21(22)28)23-15-32-25-24(31-8-11-35(23)25)33-18-3-4-19(20(27)13-18)26(36)34-9-6-16(14-29)7-10-34;/h2-5,8,11-13,15-16,30H,6-7,9-10,14,29H2,1H3,(H,31,33);1H4. The molecule has 0 bridgehead atoms. The second-order valence-electron chi connectivity index (χ2n) is 8.85. The SMILES string of the molecule is C.CNc1ccc(-c2cnc3c(Nc4ccc(C(=O)N5CCC(CN)CC5)c(Br)c4)nccn23)cc1F. The topological polar surface area (TPSA) is 101 Å². The van der Waals surface area contributed by atoms with E-state index in [1.807, 2.05) is 33.6 Å². The fraction of sp³-hybridized carbons (Fsp3) is 0.296. The molecule has 2 aromatic heterocycles. The number of carbonyl (C=O) groups is 1. The molecule has 1 aliphatic heterocycles. The molecular weight excluding hydrogens is 537 g/mol. The van der Waals surface area contributed by atoms with E-state index in [-0.39, 0.29) is 19.2 Å². The van der Waals surface area contributed by atoms with Crippen LogP contribution < -0.4 is 16.4 Å². The summed E-state index contributed by atoms with van der Waals surface area (Å²) in [7, 11) is 1.68. The molecule has 2 aromatic carbocycles. The summed E-state index contributed by atoms with van der Waals surface area (Å²) >= 11 is 3.57. The van der Waals surface area contributed by atoms with Gasteiger partial charge in [0.15, 0.2) is 11.5 Å². The lowest BCUT2D eigenvalue weighted by atomic mass is 9.96. The van der Waals surface area contributed by atoms with Gasteiger partial charge in [-0.15, -0.1) is 0 Å². The predicted octanol–water partition coefficient (Wildman–Crippen LogP) is 5.53. The van der Waals surface area contributed by atoms with Gasteiger partial charge in [0, 0.05) is 48.3 Å². The summed E-state index contributed by atoms with van der Waals surface area (Å²) in [5.74, 6) is 0.722. The molecule has 4 N–H and O–H groups in total. The summed E-state index contributed by atoms with van der Waals surface area (Å²) in [6.07, 6.45) is 7.03. The molecule has 4 aromatic rings. The molecule has 194 valence electrons. The van der Waals surface area contributed by atoms with Gasteiger partial charge in [-0.05, 0) is 71.6 Å². The van der Waals surface area contributed by atoms with Crippen molar-refractivity contribution >= 4 is 44.7 Å². The Morgan fingerprint density at radius 3 is 2.65 bits per heavy atom. The molecule has 3 heterocycles. The highest BCUT2D eigenvalue weighted by atomic mass is 79.9. The lowest BCUT2D eigenvalue weighted by molar-refractivity contribution is 0.0692. The van der Waals surface area contributed by atoms with Crippen LogP contribution in [0.5, 0.6) is 0 Å². The fourth-order valence-electron chi connectivity index (χ4n) is 4.54. The van der Waals surface area contributed by atoms with Gasteiger partial charge < -0.3 is 21.3 Å². The zero-order chi connectivity index (χ0) is 25.2. The molecule has 0 radical (unpaired) electrons. The molecule has 0 aliphatic carbocycles. The van der Waals surface area contributed by atoms with Gasteiger partial charge in [0.25, 0.3) is 5.91 Å². The normalized spacial score (nSPS) is 13.9. The van der Waals surface area contributed by atoms with Gasteiger partial charge in [0.2, 0.25) is 0 Å². The zero-order valence-corrected chi connectivity index (χ0v) is 21.4. The average Bonchev–Trinajstić information content (AvgIpc) is 3.34. The number of piperidine rings is 1. The van der Waals surface area contributed by atoms with Crippen LogP contribution in [0.1, 0.15) is 30.6 Å². The van der Waals surface area contributed by atoms with Gasteiger partial charge in [0.1, 0.15) is 5.82 Å². The number of benzene rings is 2. The Hall–Kier alpha value is -3.50. The molecule has 0 unspecified atom stereocenters. The largest absolute Gasteiger partial charge is 0.386 e. The van der Waals surface area contributed by atoms with E-state index in [0.29, 0.717) is 45.2 Å². The Morgan fingerprint density at radius 2 is 1.97 bits per heavy atom. The number of amides is 1. The van der Waals surface area contributed by atoms with Gasteiger partial charge in [-0.3, -0.25) is 9.20 Å². The Morgan fingerprint density at radius 1 is 1.19 bits per heavy atom. The average molecular weight is 568 g/mol. The number of likely N-dealkylation sites (tertiary alicyclic amines) is 1. The van der Waals surface area contributed by atoms with Crippen LogP contribution in [0.4, 0.5) is 21.6 Å². The van der Waals surface area contributed by atoms with Crippen molar-refractivity contribution < 1.29 is 9.18 Å². The number of rotatable bonds is 6. The van der Waals surface area contributed by atoms with E-state index < -0.39 is 0 Å². The molecule has 0 saturated carbocycles. The number of nitrogens with one attached hydrogen (secondary N) is 2. The Kier molecular flexibility index (Phi) is 8.09. The maximum Gasteiger partial charge on any atom is 0.255 e. The highest BCUT2D eigenvalue weighted by Gasteiger charge is 2.24. The molecule has 1 fully saturated rings. The summed E-state index contributed by atoms with van der Waals surface area (Å²) in [5, 5.41) is 6.12. The minimum absolute atomic E-state index is 0. The number of anilines is 3. The number of aromatic nitrogens is 3. The van der Waals surface area contributed by atoms with Crippen LogP contribution in [0.3, 0.4) is 0 Å². The maximum atomic E-state index is 14.3. The second-order valence-corrected chi connectivity index (χ2v) is 9.70. The van der Waals surface area contributed by atoms with Gasteiger partial charge >= 0.3 is 0 Å². The Labute approximate surface area is 224 Å². The van der Waals surface area contributed by atoms with E-state index in [2.05, 4.69) is 36.5 Å². The van der Waals surface area contributed by atoms with Gasteiger partial charge in [0.05, 0.1) is 23.1 Å². The molecule has 10 heteroatoms. The van der Waals surface area contributed by atoms with Crippen LogP contribution in [0, 0.1) is 11.7 Å². The monoisotopic (exact) mass is 567 g/mol. The smallest absolute Gasteiger partial charge is 0.255 e. The molecule has 8 nitrogen and oxygen atoms in total. The fourth-order valence-corrected chi connectivity index (χ4v) is 5.09. The number of halogens is 2. The van der Waals surface area contributed by atoms with Crippen LogP contribution in [-0.2, 0) is 0 Å². The third-order valence-electron chi connectivity index (χ3n) is 6.66. The molecule has 0 spiro atoms. The quantitative estimate of drug-likeness (QED) is 0.283. The van der Waals surface area contributed by atoms with E-state index in [4.69, 9.17) is 5.73 Å². The number of carbonyl (C=O) groups excluding carboxylic acids is 1. The van der Waals surface area contributed by atoms with E-state index in [0.717, 1.165) is 37.3 Å². The molecule has 5 rings (SSSR count). The van der Waals surface area contributed by atoms with Gasteiger partial charge in [-0.1, -0.05) is 13.5 Å². The van der Waals surface area contributed by atoms with Crippen molar-refractivity contribution in [3.05, 3.63) is 70.8 Å². The van der Waals surface area contributed by atoms with Crippen molar-refractivity contribution in [2.45, 2.75) is 20.3 Å². The number of nitrogens with zero attached hydrogens (tertiary/aromatic N) is 4. The minimum Gasteiger partial charge on any atom is -0.386 e. The van der Waals surface area contributed by atoms with E-state index in [1.54, 1.807) is 31.7 Å². The second kappa shape index (κ2) is 11.3. The first-order valence-electron chi connectivity index (χ1n) is 11.8. The first kappa shape index (κ1) is 26.6. The first-order valence-corrected chi connectivity index (χ1v) is 12.6. The van der Waals surface area contributed by atoms with E-state index >= 15 is 0 Å². The van der Waals surface area contributed by atoms with Crippen molar-refractivity contribution in [2.75, 3.05) is 37.3 Å². The van der Waals surface area contributed by atoms with Gasteiger partial charge in [-0.2, -0.15) is 0 Å². The van der Waals surface area contributed by atoms with Crippen molar-refractivity contribution in [3.63, 3.8) is 0 Å². The summed E-state index contributed by atoms with van der Waals surface area (Å²) in [6, 6.07) is 10.6. The van der Waals surface area contributed by atoms with Crippen LogP contribution >= 0.6 is 15.9 Å². The number of nitrogens with two attached hydrogens (primary N) is 1. The summed E-state index contributed by atoms with van der Waals surface area (Å²) in [5.41, 5.74) is 9.64. The van der Waals surface area contributed by atoms with Crippen LogP contribution in [0.15, 0.2) is 59.5 Å². The lowest BCUT2D eigenvalue weighted by Crippen LogP contribution is -2.40. The molecular formula is C27H31BrFN7O. The maximum absolute atomic E-state index is 14.3. The number of hydrogen-bond donors (Lipinski definition) is 3. The number of hydrogen-bond acceptors (Lipinski definition) is 6. The summed E-state index contributed by atoms with van der Waals surface area (Å²) < 4.78 is 16.9. The van der Waals surface area contributed by atoms with Crippen molar-refractivity contribution in [1.29, 1.82) is 0 Å². The summed E-state index contributed by atoms with van der Waals surface area (Å²) in [6.45, 7) is 2.12. The minimum atomic E-state index is -0.333. The highest BCUT2D eigenvalue weighted by Crippen LogP contribution is 2.30. The molecule has 37 heavy (non-hydrogen) atoms.